The highest BCUT2D eigenvalue weighted by molar-refractivity contribution is 5.07. The highest BCUT2D eigenvalue weighted by atomic mass is 16.1. The third-order valence-corrected chi connectivity index (χ3v) is 2.21. The van der Waals surface area contributed by atoms with Gasteiger partial charge in [-0.15, -0.1) is 0 Å². The van der Waals surface area contributed by atoms with Crippen LogP contribution in [0.5, 0.6) is 0 Å². The van der Waals surface area contributed by atoms with Crippen LogP contribution in [0, 0.1) is 0 Å². The van der Waals surface area contributed by atoms with Crippen molar-refractivity contribution in [1.82, 2.24) is 9.55 Å². The Morgan fingerprint density at radius 2 is 2.00 bits per heavy atom. The van der Waals surface area contributed by atoms with Crippen molar-refractivity contribution in [3.05, 3.63) is 27.9 Å². The molecule has 0 amide bonds. The Morgan fingerprint density at radius 3 is 2.46 bits per heavy atom. The molecule has 1 aromatic heterocycles. The van der Waals surface area contributed by atoms with Crippen LogP contribution >= 0.6 is 0 Å². The number of rotatable bonds is 3. The van der Waals surface area contributed by atoms with Crippen LogP contribution in [-0.4, -0.2) is 9.55 Å². The molecule has 0 saturated carbocycles. The lowest BCUT2D eigenvalue weighted by Gasteiger charge is -2.08. The van der Waals surface area contributed by atoms with Crippen molar-refractivity contribution in [2.75, 3.05) is 0 Å². The number of hydrogen-bond acceptors (Lipinski definition) is 2. The summed E-state index contributed by atoms with van der Waals surface area (Å²) in [4.78, 5) is 16.0. The molecule has 0 spiro atoms. The van der Waals surface area contributed by atoms with Crippen molar-refractivity contribution in [1.29, 1.82) is 0 Å². The van der Waals surface area contributed by atoms with Crippen molar-refractivity contribution in [2.45, 2.75) is 40.2 Å². The van der Waals surface area contributed by atoms with Gasteiger partial charge in [-0.05, 0) is 13.3 Å². The van der Waals surface area contributed by atoms with E-state index in [1.54, 1.807) is 10.8 Å². The maximum Gasteiger partial charge on any atom is 0.256 e. The molecular weight excluding hydrogens is 164 g/mol. The minimum atomic E-state index is 0.122. The Morgan fingerprint density at radius 1 is 1.31 bits per heavy atom. The Hall–Kier alpha value is -1.12. The molecular formula is C10H16N2O. The highest BCUT2D eigenvalue weighted by Crippen LogP contribution is 1.96. The zero-order valence-electron chi connectivity index (χ0n) is 8.50. The topological polar surface area (TPSA) is 34.9 Å². The lowest BCUT2D eigenvalue weighted by atomic mass is 10.2. The zero-order chi connectivity index (χ0) is 9.84. The molecule has 0 N–H and O–H groups in total. The Labute approximate surface area is 78.4 Å². The maximum absolute atomic E-state index is 11.7. The second-order valence-electron chi connectivity index (χ2n) is 2.96. The monoisotopic (exact) mass is 180 g/mol. The molecule has 72 valence electrons. The first-order valence-electron chi connectivity index (χ1n) is 4.82. The van der Waals surface area contributed by atoms with Crippen LogP contribution in [0.4, 0.5) is 0 Å². The fraction of sp³-hybridized carbons (Fsp3) is 0.600. The summed E-state index contributed by atoms with van der Waals surface area (Å²) in [5.74, 6) is 0.879. The fourth-order valence-corrected chi connectivity index (χ4v) is 1.42. The minimum Gasteiger partial charge on any atom is -0.297 e. The molecule has 1 heterocycles. The molecule has 1 aromatic rings. The number of aromatic nitrogens is 2. The number of aryl methyl sites for hydroxylation is 2. The van der Waals surface area contributed by atoms with Crippen molar-refractivity contribution in [3.8, 4) is 0 Å². The van der Waals surface area contributed by atoms with E-state index in [1.165, 1.54) is 0 Å². The molecule has 0 bridgehead atoms. The third kappa shape index (κ3) is 1.79. The summed E-state index contributed by atoms with van der Waals surface area (Å²) in [5.41, 5.74) is 0.927. The van der Waals surface area contributed by atoms with Crippen LogP contribution in [-0.2, 0) is 19.4 Å². The van der Waals surface area contributed by atoms with Gasteiger partial charge in [0.25, 0.3) is 5.56 Å². The SMILES string of the molecule is CCc1cnc(CC)n(CC)c1=O. The Bertz CT molecular complexity index is 341. The van der Waals surface area contributed by atoms with Gasteiger partial charge in [-0.2, -0.15) is 0 Å². The van der Waals surface area contributed by atoms with Crippen LogP contribution in [0.2, 0.25) is 0 Å². The largest absolute Gasteiger partial charge is 0.297 e. The van der Waals surface area contributed by atoms with E-state index in [0.29, 0.717) is 6.54 Å². The van der Waals surface area contributed by atoms with Crippen molar-refractivity contribution in [3.63, 3.8) is 0 Å². The van der Waals surface area contributed by atoms with Crippen LogP contribution in [0.1, 0.15) is 32.2 Å². The Kier molecular flexibility index (Phi) is 3.23. The van der Waals surface area contributed by atoms with Gasteiger partial charge in [0.05, 0.1) is 0 Å². The first-order valence-corrected chi connectivity index (χ1v) is 4.82. The van der Waals surface area contributed by atoms with Gasteiger partial charge in [0.15, 0.2) is 0 Å². The quantitative estimate of drug-likeness (QED) is 0.704. The van der Waals surface area contributed by atoms with Gasteiger partial charge in [0.1, 0.15) is 5.82 Å². The van der Waals surface area contributed by atoms with Gasteiger partial charge in [-0.25, -0.2) is 4.98 Å². The molecule has 3 heteroatoms. The van der Waals surface area contributed by atoms with Gasteiger partial charge in [-0.1, -0.05) is 13.8 Å². The molecule has 13 heavy (non-hydrogen) atoms. The van der Waals surface area contributed by atoms with Crippen molar-refractivity contribution < 1.29 is 0 Å². The van der Waals surface area contributed by atoms with Gasteiger partial charge >= 0.3 is 0 Å². The molecule has 0 aromatic carbocycles. The van der Waals surface area contributed by atoms with Crippen LogP contribution < -0.4 is 5.56 Å². The van der Waals surface area contributed by atoms with E-state index < -0.39 is 0 Å². The average Bonchev–Trinajstić information content (AvgIpc) is 2.17. The normalized spacial score (nSPS) is 10.4. The minimum absolute atomic E-state index is 0.122. The first-order chi connectivity index (χ1) is 6.24. The number of nitrogens with zero attached hydrogens (tertiary/aromatic N) is 2. The molecule has 0 aliphatic carbocycles. The van der Waals surface area contributed by atoms with Gasteiger partial charge in [-0.3, -0.25) is 9.36 Å². The van der Waals surface area contributed by atoms with E-state index in [-0.39, 0.29) is 5.56 Å². The predicted octanol–water partition coefficient (Wildman–Crippen LogP) is 1.39. The van der Waals surface area contributed by atoms with E-state index in [4.69, 9.17) is 0 Å². The molecule has 0 radical (unpaired) electrons. The van der Waals surface area contributed by atoms with Crippen LogP contribution in [0.25, 0.3) is 0 Å². The molecule has 0 aliphatic rings. The molecule has 0 atom stereocenters. The van der Waals surface area contributed by atoms with Gasteiger partial charge in [0, 0.05) is 24.7 Å². The molecule has 0 aliphatic heterocycles. The predicted molar refractivity (Wildman–Crippen MR) is 52.9 cm³/mol. The maximum atomic E-state index is 11.7. The van der Waals surface area contributed by atoms with Crippen LogP contribution in [0.3, 0.4) is 0 Å². The van der Waals surface area contributed by atoms with E-state index in [2.05, 4.69) is 4.98 Å². The summed E-state index contributed by atoms with van der Waals surface area (Å²) in [7, 11) is 0. The first kappa shape index (κ1) is 9.96. The second-order valence-corrected chi connectivity index (χ2v) is 2.96. The zero-order valence-corrected chi connectivity index (χ0v) is 8.50. The lowest BCUT2D eigenvalue weighted by molar-refractivity contribution is 0.642. The fourth-order valence-electron chi connectivity index (χ4n) is 1.42. The third-order valence-electron chi connectivity index (χ3n) is 2.21. The van der Waals surface area contributed by atoms with Crippen molar-refractivity contribution in [2.24, 2.45) is 0 Å². The highest BCUT2D eigenvalue weighted by Gasteiger charge is 2.05. The summed E-state index contributed by atoms with van der Waals surface area (Å²) >= 11 is 0. The Balaban J connectivity index is 3.32. The second kappa shape index (κ2) is 4.21. The van der Waals surface area contributed by atoms with E-state index in [0.717, 1.165) is 24.2 Å². The van der Waals surface area contributed by atoms with E-state index in [1.807, 2.05) is 20.8 Å². The van der Waals surface area contributed by atoms with Crippen molar-refractivity contribution >= 4 is 0 Å². The standard InChI is InChI=1S/C10H16N2O/c1-4-8-7-11-9(5-2)12(6-3)10(8)13/h7H,4-6H2,1-3H3. The molecule has 0 saturated heterocycles. The summed E-state index contributed by atoms with van der Waals surface area (Å²) in [6.07, 6.45) is 3.27. The van der Waals surface area contributed by atoms with E-state index in [9.17, 15) is 4.79 Å². The average molecular weight is 180 g/mol. The summed E-state index contributed by atoms with van der Waals surface area (Å²) in [6.45, 7) is 6.67. The summed E-state index contributed by atoms with van der Waals surface area (Å²) in [5, 5.41) is 0. The molecule has 1 rings (SSSR count). The van der Waals surface area contributed by atoms with E-state index >= 15 is 0 Å². The number of hydrogen-bond donors (Lipinski definition) is 0. The molecule has 0 fully saturated rings. The molecule has 3 nitrogen and oxygen atoms in total. The molecule has 0 unspecified atom stereocenters. The van der Waals surface area contributed by atoms with Gasteiger partial charge in [0.2, 0.25) is 0 Å². The van der Waals surface area contributed by atoms with Crippen LogP contribution in [0.15, 0.2) is 11.0 Å². The lowest BCUT2D eigenvalue weighted by Crippen LogP contribution is -2.26. The smallest absolute Gasteiger partial charge is 0.256 e. The summed E-state index contributed by atoms with van der Waals surface area (Å²) in [6, 6.07) is 0. The van der Waals surface area contributed by atoms with Gasteiger partial charge < -0.3 is 0 Å². The summed E-state index contributed by atoms with van der Waals surface area (Å²) < 4.78 is 1.75.